The van der Waals surface area contributed by atoms with Gasteiger partial charge in [0, 0.05) is 6.20 Å². The first-order valence-electron chi connectivity index (χ1n) is 4.11. The van der Waals surface area contributed by atoms with Gasteiger partial charge in [-0.25, -0.2) is 0 Å². The molecule has 0 bridgehead atoms. The van der Waals surface area contributed by atoms with E-state index in [0.29, 0.717) is 5.56 Å². The van der Waals surface area contributed by atoms with Crippen LogP contribution in [0.5, 0.6) is 0 Å². The van der Waals surface area contributed by atoms with Gasteiger partial charge in [-0.3, -0.25) is 4.98 Å². The molecule has 0 aliphatic heterocycles. The average molecular weight is 212 g/mol. The zero-order chi connectivity index (χ0) is 11.3. The van der Waals surface area contributed by atoms with Gasteiger partial charge in [-0.2, -0.15) is 18.4 Å². The molecule has 0 N–H and O–H groups in total. The Morgan fingerprint density at radius 1 is 1.47 bits per heavy atom. The lowest BCUT2D eigenvalue weighted by Gasteiger charge is -2.05. The number of halogens is 3. The van der Waals surface area contributed by atoms with Gasteiger partial charge < -0.3 is 0 Å². The largest absolute Gasteiger partial charge is 0.433 e. The van der Waals surface area contributed by atoms with Crippen LogP contribution in [0.2, 0.25) is 0 Å². The molecule has 0 saturated carbocycles. The van der Waals surface area contributed by atoms with Crippen molar-refractivity contribution in [3.8, 4) is 6.07 Å². The third-order valence-electron chi connectivity index (χ3n) is 1.59. The Kier molecular flexibility index (Phi) is 3.45. The lowest BCUT2D eigenvalue weighted by molar-refractivity contribution is -0.141. The molecule has 5 heteroatoms. The van der Waals surface area contributed by atoms with Gasteiger partial charge in [0.1, 0.15) is 5.69 Å². The van der Waals surface area contributed by atoms with E-state index in [-0.39, 0.29) is 6.42 Å². The van der Waals surface area contributed by atoms with Crippen molar-refractivity contribution >= 4 is 6.08 Å². The maximum Gasteiger partial charge on any atom is 0.433 e. The number of nitrogens with zero attached hydrogens (tertiary/aromatic N) is 2. The summed E-state index contributed by atoms with van der Waals surface area (Å²) in [7, 11) is 0. The molecule has 0 atom stereocenters. The van der Waals surface area contributed by atoms with E-state index in [9.17, 15) is 13.2 Å². The van der Waals surface area contributed by atoms with E-state index in [1.165, 1.54) is 18.2 Å². The van der Waals surface area contributed by atoms with Gasteiger partial charge >= 0.3 is 6.18 Å². The van der Waals surface area contributed by atoms with Crippen molar-refractivity contribution in [3.63, 3.8) is 0 Å². The maximum atomic E-state index is 12.2. The highest BCUT2D eigenvalue weighted by atomic mass is 19.4. The second-order valence-corrected chi connectivity index (χ2v) is 2.74. The van der Waals surface area contributed by atoms with Crippen molar-refractivity contribution in [2.24, 2.45) is 0 Å². The number of aromatic nitrogens is 1. The fourth-order valence-corrected chi connectivity index (χ4v) is 0.953. The summed E-state index contributed by atoms with van der Waals surface area (Å²) in [5.74, 6) is 0. The van der Waals surface area contributed by atoms with Crippen molar-refractivity contribution in [2.45, 2.75) is 12.6 Å². The van der Waals surface area contributed by atoms with Crippen LogP contribution >= 0.6 is 0 Å². The minimum Gasteiger partial charge on any atom is -0.252 e. The van der Waals surface area contributed by atoms with E-state index >= 15 is 0 Å². The first-order valence-corrected chi connectivity index (χ1v) is 4.11. The highest BCUT2D eigenvalue weighted by molar-refractivity contribution is 5.49. The second kappa shape index (κ2) is 4.60. The van der Waals surface area contributed by atoms with Crippen LogP contribution < -0.4 is 0 Å². The molecule has 0 unspecified atom stereocenters. The number of allylic oxidation sites excluding steroid dienone is 1. The van der Waals surface area contributed by atoms with Crippen molar-refractivity contribution in [3.05, 3.63) is 35.7 Å². The van der Waals surface area contributed by atoms with Crippen LogP contribution in [0.15, 0.2) is 24.4 Å². The fourth-order valence-electron chi connectivity index (χ4n) is 0.953. The first-order chi connectivity index (χ1) is 7.04. The summed E-state index contributed by atoms with van der Waals surface area (Å²) in [6.45, 7) is 0. The van der Waals surface area contributed by atoms with Gasteiger partial charge in [0.2, 0.25) is 0 Å². The summed E-state index contributed by atoms with van der Waals surface area (Å²) >= 11 is 0. The van der Waals surface area contributed by atoms with E-state index in [0.717, 1.165) is 12.3 Å². The monoisotopic (exact) mass is 212 g/mol. The van der Waals surface area contributed by atoms with Gasteiger partial charge in [-0.1, -0.05) is 12.2 Å². The lowest BCUT2D eigenvalue weighted by atomic mass is 10.2. The normalized spacial score (nSPS) is 11.6. The molecule has 2 nitrogen and oxygen atoms in total. The van der Waals surface area contributed by atoms with Crippen LogP contribution in [0.3, 0.4) is 0 Å². The van der Waals surface area contributed by atoms with Crippen LogP contribution in [0.1, 0.15) is 17.7 Å². The molecule has 0 amide bonds. The number of rotatable bonds is 2. The molecule has 0 aromatic carbocycles. The molecule has 1 heterocycles. The molecule has 0 fully saturated rings. The number of pyridine rings is 1. The second-order valence-electron chi connectivity index (χ2n) is 2.74. The molecule has 0 saturated heterocycles. The van der Waals surface area contributed by atoms with Crippen molar-refractivity contribution in [1.82, 2.24) is 4.98 Å². The average Bonchev–Trinajstić information content (AvgIpc) is 2.17. The molecular formula is C10H7F3N2. The van der Waals surface area contributed by atoms with Crippen molar-refractivity contribution < 1.29 is 13.2 Å². The van der Waals surface area contributed by atoms with Crippen LogP contribution in [-0.4, -0.2) is 4.98 Å². The zero-order valence-corrected chi connectivity index (χ0v) is 7.62. The summed E-state index contributed by atoms with van der Waals surface area (Å²) < 4.78 is 36.7. The Morgan fingerprint density at radius 3 is 2.80 bits per heavy atom. The third kappa shape index (κ3) is 3.43. The Bertz CT molecular complexity index is 402. The first kappa shape index (κ1) is 11.2. The lowest BCUT2D eigenvalue weighted by Crippen LogP contribution is -2.07. The van der Waals surface area contributed by atoms with E-state index in [4.69, 9.17) is 5.26 Å². The van der Waals surface area contributed by atoms with E-state index in [1.807, 2.05) is 6.07 Å². The molecule has 0 aliphatic rings. The van der Waals surface area contributed by atoms with Gasteiger partial charge in [-0.15, -0.1) is 0 Å². The number of alkyl halides is 3. The Balaban J connectivity index is 2.89. The van der Waals surface area contributed by atoms with Crippen molar-refractivity contribution in [2.75, 3.05) is 0 Å². The highest BCUT2D eigenvalue weighted by Gasteiger charge is 2.32. The van der Waals surface area contributed by atoms with Gasteiger partial charge in [0.05, 0.1) is 12.5 Å². The highest BCUT2D eigenvalue weighted by Crippen LogP contribution is 2.27. The maximum absolute atomic E-state index is 12.2. The van der Waals surface area contributed by atoms with E-state index in [2.05, 4.69) is 4.98 Å². The molecule has 0 aliphatic carbocycles. The predicted molar refractivity (Wildman–Crippen MR) is 48.5 cm³/mol. The summed E-state index contributed by atoms with van der Waals surface area (Å²) in [6, 6.07) is 4.24. The predicted octanol–water partition coefficient (Wildman–Crippen LogP) is 3.03. The standard InChI is InChI=1S/C10H7F3N2/c11-10(12,13)9-7-8(4-6-15-9)3-1-2-5-14/h1,3-4,6-7H,2H2. The van der Waals surface area contributed by atoms with Gasteiger partial charge in [-0.05, 0) is 17.7 Å². The van der Waals surface area contributed by atoms with Crippen LogP contribution in [-0.2, 0) is 6.18 Å². The third-order valence-corrected chi connectivity index (χ3v) is 1.59. The SMILES string of the molecule is N#CCC=Cc1ccnc(C(F)(F)F)c1. The minimum atomic E-state index is -4.43. The molecule has 0 spiro atoms. The topological polar surface area (TPSA) is 36.7 Å². The zero-order valence-electron chi connectivity index (χ0n) is 7.62. The Labute approximate surface area is 84.7 Å². The Hall–Kier alpha value is -1.83. The molecule has 1 aromatic rings. The summed E-state index contributed by atoms with van der Waals surface area (Å²) in [5.41, 5.74) is -0.547. The fraction of sp³-hybridized carbons (Fsp3) is 0.200. The van der Waals surface area contributed by atoms with Gasteiger partial charge in [0.25, 0.3) is 0 Å². The number of nitriles is 1. The minimum absolute atomic E-state index is 0.170. The number of hydrogen-bond acceptors (Lipinski definition) is 2. The summed E-state index contributed by atoms with van der Waals surface area (Å²) in [4.78, 5) is 3.21. The summed E-state index contributed by atoms with van der Waals surface area (Å²) in [5, 5.41) is 8.23. The van der Waals surface area contributed by atoms with Crippen LogP contribution in [0, 0.1) is 11.3 Å². The molecule has 78 valence electrons. The molecule has 0 radical (unpaired) electrons. The smallest absolute Gasteiger partial charge is 0.252 e. The van der Waals surface area contributed by atoms with E-state index in [1.54, 1.807) is 0 Å². The molecule has 1 aromatic heterocycles. The van der Waals surface area contributed by atoms with Crippen LogP contribution in [0.25, 0.3) is 6.08 Å². The Morgan fingerprint density at radius 2 is 2.20 bits per heavy atom. The van der Waals surface area contributed by atoms with Gasteiger partial charge in [0.15, 0.2) is 0 Å². The van der Waals surface area contributed by atoms with Crippen molar-refractivity contribution in [1.29, 1.82) is 5.26 Å². The molecular weight excluding hydrogens is 205 g/mol. The summed E-state index contributed by atoms with van der Waals surface area (Å²) in [6.07, 6.45) is -0.215. The van der Waals surface area contributed by atoms with Crippen LogP contribution in [0.4, 0.5) is 13.2 Å². The van der Waals surface area contributed by atoms with E-state index < -0.39 is 11.9 Å². The quantitative estimate of drug-likeness (QED) is 0.755. The number of hydrogen-bond donors (Lipinski definition) is 0. The molecule has 1 rings (SSSR count). The molecule has 15 heavy (non-hydrogen) atoms.